The molecule has 33 heavy (non-hydrogen) atoms. The Kier molecular flexibility index (Phi) is 5.62. The minimum atomic E-state index is -0.838. The van der Waals surface area contributed by atoms with Crippen molar-refractivity contribution in [1.82, 2.24) is 15.2 Å². The lowest BCUT2D eigenvalue weighted by Gasteiger charge is -2.34. The average molecular weight is 463 g/mol. The number of nitrogens with zero attached hydrogens (tertiary/aromatic N) is 2. The Hall–Kier alpha value is -3.26. The molecule has 4 amide bonds. The number of carbonyl (C=O) groups excluding carboxylic acids is 3. The van der Waals surface area contributed by atoms with E-state index in [0.29, 0.717) is 24.4 Å². The number of amides is 4. The number of para-hydroxylation sites is 1. The van der Waals surface area contributed by atoms with E-state index in [1.807, 2.05) is 42.5 Å². The van der Waals surface area contributed by atoms with Crippen LogP contribution in [-0.4, -0.2) is 39.8 Å². The van der Waals surface area contributed by atoms with Crippen molar-refractivity contribution in [2.24, 2.45) is 5.92 Å². The number of benzene rings is 2. The van der Waals surface area contributed by atoms with Crippen LogP contribution < -0.4 is 10.6 Å². The second-order valence-corrected chi connectivity index (χ2v) is 9.90. The summed E-state index contributed by atoms with van der Waals surface area (Å²) in [5, 5.41) is 6.57. The van der Waals surface area contributed by atoms with Crippen LogP contribution in [-0.2, 0) is 9.59 Å². The van der Waals surface area contributed by atoms with Crippen LogP contribution >= 0.6 is 11.3 Å². The van der Waals surface area contributed by atoms with Gasteiger partial charge >= 0.3 is 6.03 Å². The van der Waals surface area contributed by atoms with E-state index in [9.17, 15) is 14.4 Å². The lowest BCUT2D eigenvalue weighted by atomic mass is 9.75. The number of rotatable bonds is 5. The highest BCUT2D eigenvalue weighted by atomic mass is 32.1. The Bertz CT molecular complexity index is 1200. The highest BCUT2D eigenvalue weighted by Crippen LogP contribution is 2.37. The molecular weight excluding hydrogens is 436 g/mol. The Morgan fingerprint density at radius 2 is 1.97 bits per heavy atom. The van der Waals surface area contributed by atoms with Gasteiger partial charge in [-0.05, 0) is 55.9 Å². The van der Waals surface area contributed by atoms with Crippen molar-refractivity contribution in [2.75, 3.05) is 11.9 Å². The summed E-state index contributed by atoms with van der Waals surface area (Å²) in [6.45, 7) is 1.86. The molecule has 2 N–H and O–H groups in total. The molecule has 1 aromatic heterocycles. The molecule has 1 aliphatic heterocycles. The fourth-order valence-electron chi connectivity index (χ4n) is 4.81. The molecule has 5 rings (SSSR count). The maximum Gasteiger partial charge on any atom is 0.325 e. The molecule has 3 aromatic rings. The van der Waals surface area contributed by atoms with Crippen molar-refractivity contribution in [3.8, 4) is 10.6 Å². The van der Waals surface area contributed by atoms with Gasteiger partial charge in [0.1, 0.15) is 17.1 Å². The predicted octanol–water partition coefficient (Wildman–Crippen LogP) is 4.79. The van der Waals surface area contributed by atoms with Crippen molar-refractivity contribution in [1.29, 1.82) is 0 Å². The highest BCUT2D eigenvalue weighted by Gasteiger charge is 2.52. The maximum absolute atomic E-state index is 13.1. The van der Waals surface area contributed by atoms with Crippen molar-refractivity contribution >= 4 is 45.1 Å². The third kappa shape index (κ3) is 4.11. The van der Waals surface area contributed by atoms with Crippen LogP contribution in [0.2, 0.25) is 0 Å². The summed E-state index contributed by atoms with van der Waals surface area (Å²) in [6.07, 6.45) is 4.19. The highest BCUT2D eigenvalue weighted by molar-refractivity contribution is 7.21. The minimum Gasteiger partial charge on any atom is -0.325 e. The monoisotopic (exact) mass is 462 g/mol. The lowest BCUT2D eigenvalue weighted by Crippen LogP contribution is -2.49. The van der Waals surface area contributed by atoms with Crippen molar-refractivity contribution in [2.45, 2.75) is 44.6 Å². The number of anilines is 1. The second kappa shape index (κ2) is 8.59. The topological polar surface area (TPSA) is 91.4 Å². The van der Waals surface area contributed by atoms with Gasteiger partial charge in [0, 0.05) is 11.3 Å². The van der Waals surface area contributed by atoms with E-state index in [0.717, 1.165) is 45.0 Å². The van der Waals surface area contributed by atoms with Crippen molar-refractivity contribution < 1.29 is 14.4 Å². The molecule has 0 atom stereocenters. The molecule has 2 heterocycles. The van der Waals surface area contributed by atoms with Crippen LogP contribution in [0, 0.1) is 5.92 Å². The quantitative estimate of drug-likeness (QED) is 0.533. The third-order valence-corrected chi connectivity index (χ3v) is 7.86. The van der Waals surface area contributed by atoms with Gasteiger partial charge in [0.15, 0.2) is 0 Å². The molecule has 1 saturated carbocycles. The maximum atomic E-state index is 13.1. The molecule has 7 nitrogen and oxygen atoms in total. The van der Waals surface area contributed by atoms with Crippen LogP contribution in [0.5, 0.6) is 0 Å². The third-order valence-electron chi connectivity index (χ3n) is 6.77. The van der Waals surface area contributed by atoms with Gasteiger partial charge in [-0.2, -0.15) is 0 Å². The molecule has 0 radical (unpaired) electrons. The SMILES string of the molecule is CCC1CCC2(CC1)NC(=O)N(CC(=O)Nc1cccc(-c3nc4ccccc4s3)c1)C2=O. The zero-order valence-electron chi connectivity index (χ0n) is 18.5. The summed E-state index contributed by atoms with van der Waals surface area (Å²) in [4.78, 5) is 44.0. The fraction of sp³-hybridized carbons (Fsp3) is 0.360. The van der Waals surface area contributed by atoms with Gasteiger partial charge in [-0.1, -0.05) is 37.6 Å². The van der Waals surface area contributed by atoms with Gasteiger partial charge in [0.2, 0.25) is 5.91 Å². The Labute approximate surface area is 196 Å². The van der Waals surface area contributed by atoms with E-state index in [2.05, 4.69) is 22.5 Å². The Balaban J connectivity index is 1.26. The molecule has 0 unspecified atom stereocenters. The van der Waals surface area contributed by atoms with Crippen molar-refractivity contribution in [3.05, 3.63) is 48.5 Å². The molecular formula is C25H26N4O3S. The van der Waals surface area contributed by atoms with Crippen molar-refractivity contribution in [3.63, 3.8) is 0 Å². The molecule has 1 saturated heterocycles. The second-order valence-electron chi connectivity index (χ2n) is 8.87. The van der Waals surface area contributed by atoms with Gasteiger partial charge in [-0.3, -0.25) is 14.5 Å². The van der Waals surface area contributed by atoms with E-state index in [4.69, 9.17) is 0 Å². The van der Waals surface area contributed by atoms with Crippen LogP contribution in [0.3, 0.4) is 0 Å². The van der Waals surface area contributed by atoms with Crippen LogP contribution in [0.25, 0.3) is 20.8 Å². The summed E-state index contributed by atoms with van der Waals surface area (Å²) in [6, 6.07) is 14.9. The summed E-state index contributed by atoms with van der Waals surface area (Å²) < 4.78 is 1.10. The largest absolute Gasteiger partial charge is 0.325 e. The number of hydrogen-bond donors (Lipinski definition) is 2. The summed E-state index contributed by atoms with van der Waals surface area (Å²) in [5.74, 6) is -0.0833. The van der Waals surface area contributed by atoms with Crippen LogP contribution in [0.15, 0.2) is 48.5 Å². The summed E-state index contributed by atoms with van der Waals surface area (Å²) >= 11 is 1.59. The van der Waals surface area contributed by atoms with Crippen LogP contribution in [0.4, 0.5) is 10.5 Å². The fourth-order valence-corrected chi connectivity index (χ4v) is 5.77. The van der Waals surface area contributed by atoms with E-state index >= 15 is 0 Å². The Morgan fingerprint density at radius 3 is 2.73 bits per heavy atom. The molecule has 8 heteroatoms. The number of carbonyl (C=O) groups is 3. The van der Waals surface area contributed by atoms with E-state index < -0.39 is 17.5 Å². The van der Waals surface area contributed by atoms with Gasteiger partial charge < -0.3 is 10.6 Å². The number of urea groups is 1. The molecule has 2 fully saturated rings. The molecule has 1 spiro atoms. The number of imide groups is 1. The number of aromatic nitrogens is 1. The minimum absolute atomic E-state index is 0.277. The lowest BCUT2D eigenvalue weighted by molar-refractivity contribution is -0.135. The first kappa shape index (κ1) is 21.6. The summed E-state index contributed by atoms with van der Waals surface area (Å²) in [7, 11) is 0. The molecule has 1 aliphatic carbocycles. The molecule has 2 aliphatic rings. The first-order valence-electron chi connectivity index (χ1n) is 11.4. The summed E-state index contributed by atoms with van der Waals surface area (Å²) in [5.41, 5.74) is 1.60. The van der Waals surface area contributed by atoms with Gasteiger partial charge in [0.25, 0.3) is 5.91 Å². The number of hydrogen-bond acceptors (Lipinski definition) is 5. The van der Waals surface area contributed by atoms with E-state index in [1.54, 1.807) is 17.4 Å². The van der Waals surface area contributed by atoms with Gasteiger partial charge in [-0.15, -0.1) is 11.3 Å². The first-order valence-corrected chi connectivity index (χ1v) is 12.2. The van der Waals surface area contributed by atoms with Gasteiger partial charge in [-0.25, -0.2) is 9.78 Å². The number of nitrogens with one attached hydrogen (secondary N) is 2. The zero-order chi connectivity index (χ0) is 23.0. The Morgan fingerprint density at radius 1 is 1.18 bits per heavy atom. The number of fused-ring (bicyclic) bond motifs is 1. The smallest absolute Gasteiger partial charge is 0.325 e. The normalized spacial score (nSPS) is 22.7. The first-order chi connectivity index (χ1) is 16.0. The standard InChI is InChI=1S/C25H26N4O3S/c1-2-16-10-12-25(13-11-16)23(31)29(24(32)28-25)15-21(30)26-18-7-5-6-17(14-18)22-27-19-8-3-4-9-20(19)33-22/h3-9,14,16H,2,10-13,15H2,1H3,(H,26,30)(H,28,32). The zero-order valence-corrected chi connectivity index (χ0v) is 19.3. The molecule has 0 bridgehead atoms. The molecule has 2 aromatic carbocycles. The molecule has 170 valence electrons. The van der Waals surface area contributed by atoms with Gasteiger partial charge in [0.05, 0.1) is 10.2 Å². The predicted molar refractivity (Wildman–Crippen MR) is 129 cm³/mol. The van der Waals surface area contributed by atoms with E-state index in [-0.39, 0.29) is 12.5 Å². The van der Waals surface area contributed by atoms with Crippen LogP contribution in [0.1, 0.15) is 39.0 Å². The number of thiazole rings is 1. The van der Waals surface area contributed by atoms with E-state index in [1.165, 1.54) is 0 Å². The average Bonchev–Trinajstić information content (AvgIpc) is 3.35.